The Balaban J connectivity index is 1.94. The molecule has 1 unspecified atom stereocenters. The summed E-state index contributed by atoms with van der Waals surface area (Å²) < 4.78 is 14.3. The van der Waals surface area contributed by atoms with E-state index in [1.54, 1.807) is 19.2 Å². The van der Waals surface area contributed by atoms with Gasteiger partial charge in [0.15, 0.2) is 5.69 Å². The van der Waals surface area contributed by atoms with Gasteiger partial charge in [-0.3, -0.25) is 9.48 Å². The van der Waals surface area contributed by atoms with E-state index in [-0.39, 0.29) is 23.3 Å². The highest BCUT2D eigenvalue weighted by molar-refractivity contribution is 6.29. The third-order valence-corrected chi connectivity index (χ3v) is 3.42. The number of nitrogens with one attached hydrogen (secondary N) is 1. The van der Waals surface area contributed by atoms with Crippen molar-refractivity contribution in [2.24, 2.45) is 7.05 Å². The SMILES string of the molecule is CC(CNC(=O)c1cc(Cl)n(C)n1)c1ccc(F)cc1. The lowest BCUT2D eigenvalue weighted by molar-refractivity contribution is 0.0946. The van der Waals surface area contributed by atoms with Gasteiger partial charge in [-0.25, -0.2) is 4.39 Å². The number of benzene rings is 1. The Morgan fingerprint density at radius 2 is 2.10 bits per heavy atom. The molecular formula is C14H15ClFN3O. The van der Waals surface area contributed by atoms with Gasteiger partial charge in [0.1, 0.15) is 11.0 Å². The van der Waals surface area contributed by atoms with Crippen LogP contribution in [0.1, 0.15) is 28.9 Å². The van der Waals surface area contributed by atoms with Crippen LogP contribution in [0, 0.1) is 5.82 Å². The van der Waals surface area contributed by atoms with Crippen LogP contribution in [0.15, 0.2) is 30.3 Å². The van der Waals surface area contributed by atoms with Crippen LogP contribution < -0.4 is 5.32 Å². The van der Waals surface area contributed by atoms with Crippen LogP contribution in [0.5, 0.6) is 0 Å². The minimum atomic E-state index is -0.276. The number of carbonyl (C=O) groups is 1. The first-order valence-corrected chi connectivity index (χ1v) is 6.58. The van der Waals surface area contributed by atoms with E-state index in [1.165, 1.54) is 22.9 Å². The highest BCUT2D eigenvalue weighted by atomic mass is 35.5. The van der Waals surface area contributed by atoms with Gasteiger partial charge in [0.2, 0.25) is 0 Å². The molecule has 0 bridgehead atoms. The number of amides is 1. The zero-order valence-electron chi connectivity index (χ0n) is 11.2. The normalized spacial score (nSPS) is 12.2. The van der Waals surface area contributed by atoms with Crippen LogP contribution in [0.3, 0.4) is 0 Å². The van der Waals surface area contributed by atoms with Gasteiger partial charge in [0.05, 0.1) is 0 Å². The van der Waals surface area contributed by atoms with E-state index in [1.807, 2.05) is 6.92 Å². The van der Waals surface area contributed by atoms with Crippen molar-refractivity contribution in [2.75, 3.05) is 6.54 Å². The van der Waals surface area contributed by atoms with Gasteiger partial charge >= 0.3 is 0 Å². The van der Waals surface area contributed by atoms with Crippen molar-refractivity contribution in [3.8, 4) is 0 Å². The molecule has 4 nitrogen and oxygen atoms in total. The van der Waals surface area contributed by atoms with Crippen molar-refractivity contribution >= 4 is 17.5 Å². The molecule has 106 valence electrons. The smallest absolute Gasteiger partial charge is 0.271 e. The average Bonchev–Trinajstić information content (AvgIpc) is 2.76. The van der Waals surface area contributed by atoms with Gasteiger partial charge in [0.25, 0.3) is 5.91 Å². The third kappa shape index (κ3) is 3.36. The number of carbonyl (C=O) groups excluding carboxylic acids is 1. The molecule has 1 amide bonds. The molecule has 1 aromatic heterocycles. The van der Waals surface area contributed by atoms with E-state index in [4.69, 9.17) is 11.6 Å². The van der Waals surface area contributed by atoms with Crippen molar-refractivity contribution in [1.29, 1.82) is 0 Å². The van der Waals surface area contributed by atoms with Gasteiger partial charge in [-0.15, -0.1) is 0 Å². The Labute approximate surface area is 121 Å². The summed E-state index contributed by atoms with van der Waals surface area (Å²) in [5, 5.41) is 7.19. The summed E-state index contributed by atoms with van der Waals surface area (Å²) in [7, 11) is 1.67. The van der Waals surface area contributed by atoms with E-state index in [0.717, 1.165) is 5.56 Å². The molecule has 1 N–H and O–H groups in total. The molecule has 2 aromatic rings. The van der Waals surface area contributed by atoms with Crippen LogP contribution in [0.25, 0.3) is 0 Å². The first-order valence-electron chi connectivity index (χ1n) is 6.20. The molecule has 20 heavy (non-hydrogen) atoms. The monoisotopic (exact) mass is 295 g/mol. The number of halogens is 2. The van der Waals surface area contributed by atoms with Crippen LogP contribution in [0.2, 0.25) is 5.15 Å². The summed E-state index contributed by atoms with van der Waals surface area (Å²) in [6, 6.07) is 7.76. The van der Waals surface area contributed by atoms with Crippen molar-refractivity contribution in [2.45, 2.75) is 12.8 Å². The molecule has 2 rings (SSSR count). The summed E-state index contributed by atoms with van der Waals surface area (Å²) in [5.41, 5.74) is 1.24. The molecular weight excluding hydrogens is 281 g/mol. The number of nitrogens with zero attached hydrogens (tertiary/aromatic N) is 2. The number of hydrogen-bond donors (Lipinski definition) is 1. The van der Waals surface area contributed by atoms with Crippen molar-refractivity contribution in [3.05, 3.63) is 52.6 Å². The molecule has 1 atom stereocenters. The van der Waals surface area contributed by atoms with E-state index in [0.29, 0.717) is 11.7 Å². The Bertz CT molecular complexity index is 590. The molecule has 0 aliphatic carbocycles. The summed E-state index contributed by atoms with van der Waals surface area (Å²) in [6.45, 7) is 2.40. The first kappa shape index (κ1) is 14.5. The van der Waals surface area contributed by atoms with Gasteiger partial charge in [-0.1, -0.05) is 30.7 Å². The third-order valence-electron chi connectivity index (χ3n) is 3.06. The van der Waals surface area contributed by atoms with Gasteiger partial charge in [0, 0.05) is 19.7 Å². The second kappa shape index (κ2) is 6.05. The lowest BCUT2D eigenvalue weighted by Crippen LogP contribution is -2.28. The average molecular weight is 296 g/mol. The molecule has 0 saturated heterocycles. The van der Waals surface area contributed by atoms with E-state index in [9.17, 15) is 9.18 Å². The van der Waals surface area contributed by atoms with Gasteiger partial charge in [-0.05, 0) is 23.6 Å². The van der Waals surface area contributed by atoms with E-state index >= 15 is 0 Å². The predicted molar refractivity (Wildman–Crippen MR) is 75.4 cm³/mol. The number of hydrogen-bond acceptors (Lipinski definition) is 2. The van der Waals surface area contributed by atoms with E-state index in [2.05, 4.69) is 10.4 Å². The summed E-state index contributed by atoms with van der Waals surface area (Å²) in [4.78, 5) is 11.9. The van der Waals surface area contributed by atoms with E-state index < -0.39 is 0 Å². The topological polar surface area (TPSA) is 46.9 Å². The lowest BCUT2D eigenvalue weighted by atomic mass is 10.0. The van der Waals surface area contributed by atoms with Crippen molar-refractivity contribution < 1.29 is 9.18 Å². The maximum Gasteiger partial charge on any atom is 0.271 e. The molecule has 0 fully saturated rings. The standard InChI is InChI=1S/C14H15ClFN3O/c1-9(10-3-5-11(16)6-4-10)8-17-14(20)12-7-13(15)19(2)18-12/h3-7,9H,8H2,1-2H3,(H,17,20). The number of aryl methyl sites for hydroxylation is 1. The summed E-state index contributed by atoms with van der Waals surface area (Å²) >= 11 is 5.83. The van der Waals surface area contributed by atoms with Crippen LogP contribution >= 0.6 is 11.6 Å². The zero-order chi connectivity index (χ0) is 14.7. The molecule has 1 aromatic carbocycles. The quantitative estimate of drug-likeness (QED) is 0.943. The second-order valence-corrected chi connectivity index (χ2v) is 5.03. The van der Waals surface area contributed by atoms with Gasteiger partial charge < -0.3 is 5.32 Å². The predicted octanol–water partition coefficient (Wildman–Crippen LogP) is 2.75. The molecule has 0 radical (unpaired) electrons. The fraction of sp³-hybridized carbons (Fsp3) is 0.286. The maximum absolute atomic E-state index is 12.8. The molecule has 0 spiro atoms. The van der Waals surface area contributed by atoms with Crippen LogP contribution in [-0.2, 0) is 7.05 Å². The largest absolute Gasteiger partial charge is 0.350 e. The lowest BCUT2D eigenvalue weighted by Gasteiger charge is -2.12. The summed E-state index contributed by atoms with van der Waals surface area (Å²) in [5.74, 6) is -0.465. The summed E-state index contributed by atoms with van der Waals surface area (Å²) in [6.07, 6.45) is 0. The highest BCUT2D eigenvalue weighted by Crippen LogP contribution is 2.15. The second-order valence-electron chi connectivity index (χ2n) is 4.64. The Kier molecular flexibility index (Phi) is 4.39. The maximum atomic E-state index is 12.8. The zero-order valence-corrected chi connectivity index (χ0v) is 12.0. The van der Waals surface area contributed by atoms with Gasteiger partial charge in [-0.2, -0.15) is 5.10 Å². The van der Waals surface area contributed by atoms with Crippen molar-refractivity contribution in [3.63, 3.8) is 0 Å². The Hall–Kier alpha value is -1.88. The van der Waals surface area contributed by atoms with Crippen LogP contribution in [-0.4, -0.2) is 22.2 Å². The van der Waals surface area contributed by atoms with Crippen LogP contribution in [0.4, 0.5) is 4.39 Å². The number of rotatable bonds is 4. The number of aromatic nitrogens is 2. The molecule has 6 heteroatoms. The highest BCUT2D eigenvalue weighted by Gasteiger charge is 2.13. The molecule has 0 aliphatic heterocycles. The fourth-order valence-electron chi connectivity index (χ4n) is 1.80. The van der Waals surface area contributed by atoms with Crippen molar-refractivity contribution in [1.82, 2.24) is 15.1 Å². The first-order chi connectivity index (χ1) is 9.47. The molecule has 0 aliphatic rings. The Morgan fingerprint density at radius 3 is 2.65 bits per heavy atom. The molecule has 1 heterocycles. The Morgan fingerprint density at radius 1 is 1.45 bits per heavy atom. The fourth-order valence-corrected chi connectivity index (χ4v) is 1.94. The minimum Gasteiger partial charge on any atom is -0.350 e. The minimum absolute atomic E-state index is 0.0822. The molecule has 0 saturated carbocycles.